The van der Waals surface area contributed by atoms with Gasteiger partial charge in [0.25, 0.3) is 0 Å². The van der Waals surface area contributed by atoms with Crippen molar-refractivity contribution in [2.75, 3.05) is 6.61 Å². The zero-order valence-electron chi connectivity index (χ0n) is 10.2. The molecule has 18 heavy (non-hydrogen) atoms. The van der Waals surface area contributed by atoms with Gasteiger partial charge in [0, 0.05) is 0 Å². The third-order valence-electron chi connectivity index (χ3n) is 2.72. The van der Waals surface area contributed by atoms with Gasteiger partial charge < -0.3 is 0 Å². The van der Waals surface area contributed by atoms with Gasteiger partial charge in [-0.15, -0.1) is 0 Å². The van der Waals surface area contributed by atoms with E-state index < -0.39 is 0 Å². The average molecular weight is 429 g/mol. The van der Waals surface area contributed by atoms with Crippen LogP contribution in [0.3, 0.4) is 0 Å². The summed E-state index contributed by atoms with van der Waals surface area (Å²) in [5.41, 5.74) is 2.05. The minimum absolute atomic E-state index is 0.629. The molecule has 0 saturated heterocycles. The predicted octanol–water partition coefficient (Wildman–Crippen LogP) is 2.77. The molecule has 3 heteroatoms. The Labute approximate surface area is 123 Å². The fourth-order valence-electron chi connectivity index (χ4n) is 1.85. The van der Waals surface area contributed by atoms with Gasteiger partial charge in [0.2, 0.25) is 0 Å². The number of nitrogens with zero attached hydrogens (tertiary/aromatic N) is 1. The molecule has 2 rings (SSSR count). The maximum atomic E-state index is 5.81. The molecule has 1 aromatic carbocycles. The maximum absolute atomic E-state index is 5.81. The van der Waals surface area contributed by atoms with Gasteiger partial charge in [0.1, 0.15) is 0 Å². The molecule has 0 N–H and O–H groups in total. The number of terminal acetylenes is 1. The van der Waals surface area contributed by atoms with Gasteiger partial charge in [-0.3, -0.25) is 0 Å². The number of benzene rings is 1. The van der Waals surface area contributed by atoms with E-state index in [2.05, 4.69) is 17.0 Å². The number of rotatable bonds is 5. The molecule has 1 heterocycles. The van der Waals surface area contributed by atoms with E-state index in [4.69, 9.17) is 11.2 Å². The van der Waals surface area contributed by atoms with Crippen molar-refractivity contribution in [3.8, 4) is 18.1 Å². The van der Waals surface area contributed by atoms with Crippen LogP contribution < -0.4 is 4.74 Å². The number of hydrogen-bond acceptors (Lipinski definition) is 2. The quantitative estimate of drug-likeness (QED) is 0.415. The molecule has 0 radical (unpaired) electrons. The van der Waals surface area contributed by atoms with E-state index in [1.165, 1.54) is 3.98 Å². The van der Waals surface area contributed by atoms with Gasteiger partial charge in [-0.25, -0.2) is 0 Å². The van der Waals surface area contributed by atoms with E-state index in [1.54, 1.807) is 6.20 Å². The molecule has 1 aromatic heterocycles. The first-order chi connectivity index (χ1) is 8.86. The molecule has 88 valence electrons. The Morgan fingerprint density at radius 3 is 3.00 bits per heavy atom. The third kappa shape index (κ3) is 3.02. The van der Waals surface area contributed by atoms with Crippen LogP contribution in [-0.2, 0) is 6.42 Å². The Bertz CT molecular complexity index is 574. The van der Waals surface area contributed by atoms with Crippen molar-refractivity contribution in [1.82, 2.24) is 4.98 Å². The van der Waals surface area contributed by atoms with Crippen LogP contribution in [0.1, 0.15) is 12.0 Å². The number of pyridine rings is 1. The molecule has 0 amide bonds. The summed E-state index contributed by atoms with van der Waals surface area (Å²) < 4.78 is 7.10. The normalized spacial score (nSPS) is 10.1. The third-order valence-corrected chi connectivity index (χ3v) is 4.31. The fraction of sp³-hybridized carbons (Fsp3) is 0.267. The van der Waals surface area contributed by atoms with Crippen LogP contribution in [0.4, 0.5) is 0 Å². The van der Waals surface area contributed by atoms with Crippen molar-refractivity contribution >= 4 is 36.7 Å². The average Bonchev–Trinajstić information content (AvgIpc) is 2.41. The van der Waals surface area contributed by atoms with Gasteiger partial charge in [-0.05, 0) is 0 Å². The summed E-state index contributed by atoms with van der Waals surface area (Å²) in [4.78, 5) is 4.42. The van der Waals surface area contributed by atoms with Crippen molar-refractivity contribution < 1.29 is 4.74 Å². The molecule has 0 unspecified atom stereocenters. The summed E-state index contributed by atoms with van der Waals surface area (Å²) in [6, 6.07) is 8.01. The van der Waals surface area contributed by atoms with Crippen LogP contribution in [0.25, 0.3) is 10.9 Å². The Kier molecular flexibility index (Phi) is 5.00. The summed E-state index contributed by atoms with van der Waals surface area (Å²) in [5.74, 6) is 3.55. The van der Waals surface area contributed by atoms with Crippen LogP contribution >= 0.6 is 0 Å². The second-order valence-corrected chi connectivity index (χ2v) is 6.24. The van der Waals surface area contributed by atoms with E-state index in [0.717, 1.165) is 61.0 Å². The van der Waals surface area contributed by atoms with Crippen LogP contribution in [0.15, 0.2) is 30.5 Å². The van der Waals surface area contributed by atoms with E-state index in [9.17, 15) is 0 Å². The Balaban J connectivity index is 2.38. The first kappa shape index (κ1) is 13.3. The topological polar surface area (TPSA) is 22.1 Å². The number of fused-ring (bicyclic) bond motifs is 1. The van der Waals surface area contributed by atoms with Crippen LogP contribution in [0, 0.1) is 12.3 Å². The molecule has 0 fully saturated rings. The Hall–Kier alpha value is -1.09. The molecule has 0 saturated carbocycles. The monoisotopic (exact) mass is 429 g/mol. The van der Waals surface area contributed by atoms with Crippen LogP contribution in [-0.4, -0.2) is 37.4 Å². The summed E-state index contributed by atoms with van der Waals surface area (Å²) in [7, 11) is 0. The predicted molar refractivity (Wildman–Crippen MR) is 75.0 cm³/mol. The summed E-state index contributed by atoms with van der Waals surface area (Å²) in [5, 5.41) is 1.10. The van der Waals surface area contributed by atoms with Gasteiger partial charge in [-0.1, -0.05) is 0 Å². The number of ether oxygens (including phenoxy) is 1. The molecule has 0 aliphatic heterocycles. The Morgan fingerprint density at radius 2 is 2.22 bits per heavy atom. The zero-order chi connectivity index (χ0) is 12.8. The number of aromatic nitrogens is 1. The first-order valence-electron chi connectivity index (χ1n) is 5.99. The van der Waals surface area contributed by atoms with E-state index in [1.807, 2.05) is 18.2 Å². The van der Waals surface area contributed by atoms with Gasteiger partial charge >= 0.3 is 124 Å². The van der Waals surface area contributed by atoms with Gasteiger partial charge in [0.15, 0.2) is 0 Å². The van der Waals surface area contributed by atoms with Gasteiger partial charge in [0.05, 0.1) is 0 Å². The summed E-state index contributed by atoms with van der Waals surface area (Å²) in [6.45, 7) is 0.774. The van der Waals surface area contributed by atoms with Gasteiger partial charge in [-0.2, -0.15) is 0 Å². The van der Waals surface area contributed by atoms with Crippen LogP contribution in [0.5, 0.6) is 5.75 Å². The van der Waals surface area contributed by atoms with E-state index in [0.29, 0.717) is 6.42 Å². The number of hydrogen-bond donors (Lipinski definition) is 0. The molecule has 0 atom stereocenters. The summed E-state index contributed by atoms with van der Waals surface area (Å²) >= 11 is 1.05. The molecular formula is C15H14NOTl. The van der Waals surface area contributed by atoms with Crippen molar-refractivity contribution in [3.05, 3.63) is 36.0 Å². The molecule has 0 aliphatic carbocycles. The SMILES string of the molecule is C#CCc1ccc(OCC[CH2][Tl])c2ncccc12. The summed E-state index contributed by atoms with van der Waals surface area (Å²) in [6.07, 6.45) is 8.94. The first-order valence-corrected chi connectivity index (χ1v) is 9.17. The van der Waals surface area contributed by atoms with Crippen molar-refractivity contribution in [2.45, 2.75) is 16.8 Å². The zero-order valence-corrected chi connectivity index (χ0v) is 14.7. The van der Waals surface area contributed by atoms with E-state index in [-0.39, 0.29) is 0 Å². The van der Waals surface area contributed by atoms with E-state index >= 15 is 0 Å². The van der Waals surface area contributed by atoms with Crippen LogP contribution in [0.2, 0.25) is 3.98 Å². The molecule has 0 spiro atoms. The molecule has 0 bridgehead atoms. The fourth-order valence-corrected chi connectivity index (χ4v) is 2.50. The molecule has 2 nitrogen and oxygen atoms in total. The van der Waals surface area contributed by atoms with Crippen molar-refractivity contribution in [2.24, 2.45) is 0 Å². The molecule has 0 aliphatic rings. The minimum atomic E-state index is 0.629. The second-order valence-electron chi connectivity index (χ2n) is 3.99. The standard InChI is InChI=1S/C15H14NO.Tl/c1-3-6-12-8-9-14(17-11-4-2)15-13(12)7-5-10-16-15;/h1,5,7-10H,2,4,6,11H2;. The second kappa shape index (κ2) is 6.74. The Morgan fingerprint density at radius 1 is 1.33 bits per heavy atom. The molecule has 2 aromatic rings. The van der Waals surface area contributed by atoms with Crippen molar-refractivity contribution in [1.29, 1.82) is 0 Å². The van der Waals surface area contributed by atoms with Crippen molar-refractivity contribution in [3.63, 3.8) is 0 Å². The molecular weight excluding hydrogens is 415 g/mol.